The predicted octanol–water partition coefficient (Wildman–Crippen LogP) is 4.16. The predicted molar refractivity (Wildman–Crippen MR) is 104 cm³/mol. The van der Waals surface area contributed by atoms with Gasteiger partial charge in [0.15, 0.2) is 0 Å². The Morgan fingerprint density at radius 2 is 1.74 bits per heavy atom. The van der Waals surface area contributed by atoms with Gasteiger partial charge in [0.1, 0.15) is 11.6 Å². The molecule has 0 aromatic heterocycles. The van der Waals surface area contributed by atoms with Gasteiger partial charge in [-0.15, -0.1) is 0 Å². The maximum atomic E-state index is 13.1. The average Bonchev–Trinajstić information content (AvgIpc) is 2.90. The Kier molecular flexibility index (Phi) is 6.29. The van der Waals surface area contributed by atoms with Gasteiger partial charge in [0.05, 0.1) is 16.8 Å². The Bertz CT molecular complexity index is 800. The molecule has 1 amide bonds. The number of hydrogen-bond donors (Lipinski definition) is 1. The highest BCUT2D eigenvalue weighted by molar-refractivity contribution is 6.33. The van der Waals surface area contributed by atoms with E-state index in [9.17, 15) is 13.6 Å². The van der Waals surface area contributed by atoms with Crippen LogP contribution < -0.4 is 10.2 Å². The summed E-state index contributed by atoms with van der Waals surface area (Å²) in [6.45, 7) is 4.94. The fraction of sp³-hybridized carbons (Fsp3) is 0.350. The number of nitrogens with zero attached hydrogens (tertiary/aromatic N) is 2. The van der Waals surface area contributed by atoms with Crippen molar-refractivity contribution in [2.24, 2.45) is 0 Å². The molecule has 1 fully saturated rings. The fourth-order valence-corrected chi connectivity index (χ4v) is 3.44. The number of anilines is 2. The number of rotatable bonds is 4. The van der Waals surface area contributed by atoms with E-state index in [-0.39, 0.29) is 22.8 Å². The first-order valence-corrected chi connectivity index (χ1v) is 9.32. The summed E-state index contributed by atoms with van der Waals surface area (Å²) in [4.78, 5) is 16.9. The normalized spacial score (nSPS) is 16.7. The molecule has 1 saturated heterocycles. The maximum absolute atomic E-state index is 13.1. The fourth-order valence-electron chi connectivity index (χ4n) is 3.23. The van der Waals surface area contributed by atoms with Gasteiger partial charge in [-0.1, -0.05) is 11.6 Å². The zero-order valence-corrected chi connectivity index (χ0v) is 15.8. The third-order valence-electron chi connectivity index (χ3n) is 4.84. The molecule has 3 rings (SSSR count). The lowest BCUT2D eigenvalue weighted by Gasteiger charge is -2.27. The van der Waals surface area contributed by atoms with Gasteiger partial charge in [-0.3, -0.25) is 9.69 Å². The summed E-state index contributed by atoms with van der Waals surface area (Å²) in [5.41, 5.74) is 1.38. The molecule has 1 aliphatic heterocycles. The molecule has 7 heteroatoms. The first-order chi connectivity index (χ1) is 12.9. The third-order valence-corrected chi connectivity index (χ3v) is 5.15. The van der Waals surface area contributed by atoms with Crippen molar-refractivity contribution in [3.8, 4) is 0 Å². The van der Waals surface area contributed by atoms with Crippen LogP contribution in [-0.2, 0) is 4.79 Å². The van der Waals surface area contributed by atoms with Crippen molar-refractivity contribution >= 4 is 28.9 Å². The molecule has 1 N–H and O–H groups in total. The van der Waals surface area contributed by atoms with Gasteiger partial charge in [0, 0.05) is 31.9 Å². The summed E-state index contributed by atoms with van der Waals surface area (Å²) < 4.78 is 26.3. The molecule has 1 atom stereocenters. The number of nitrogens with one attached hydrogen (secondary N) is 1. The summed E-state index contributed by atoms with van der Waals surface area (Å²) in [6, 6.07) is 10.0. The molecule has 0 radical (unpaired) electrons. The van der Waals surface area contributed by atoms with E-state index in [0.29, 0.717) is 12.2 Å². The average molecular weight is 394 g/mol. The van der Waals surface area contributed by atoms with E-state index in [1.807, 2.05) is 6.92 Å². The van der Waals surface area contributed by atoms with Crippen molar-refractivity contribution in [1.29, 1.82) is 0 Å². The van der Waals surface area contributed by atoms with Crippen molar-refractivity contribution in [2.75, 3.05) is 36.4 Å². The molecule has 1 heterocycles. The number of carbonyl (C=O) groups is 1. The van der Waals surface area contributed by atoms with Gasteiger partial charge in [-0.2, -0.15) is 0 Å². The molecule has 1 aliphatic rings. The number of hydrogen-bond acceptors (Lipinski definition) is 3. The monoisotopic (exact) mass is 393 g/mol. The largest absolute Gasteiger partial charge is 0.370 e. The molecular formula is C20H22ClF2N3O. The van der Waals surface area contributed by atoms with Gasteiger partial charge >= 0.3 is 0 Å². The molecule has 4 nitrogen and oxygen atoms in total. The van der Waals surface area contributed by atoms with Crippen molar-refractivity contribution in [1.82, 2.24) is 4.90 Å². The van der Waals surface area contributed by atoms with Crippen LogP contribution >= 0.6 is 11.6 Å². The summed E-state index contributed by atoms with van der Waals surface area (Å²) in [6.07, 6.45) is 0.895. The minimum Gasteiger partial charge on any atom is -0.370 e. The molecule has 144 valence electrons. The van der Waals surface area contributed by atoms with E-state index < -0.39 is 5.82 Å². The molecule has 0 saturated carbocycles. The van der Waals surface area contributed by atoms with Crippen molar-refractivity contribution in [2.45, 2.75) is 19.4 Å². The highest BCUT2D eigenvalue weighted by Gasteiger charge is 2.24. The van der Waals surface area contributed by atoms with Gasteiger partial charge in [0.25, 0.3) is 0 Å². The number of amides is 1. The van der Waals surface area contributed by atoms with Gasteiger partial charge in [0.2, 0.25) is 5.91 Å². The van der Waals surface area contributed by atoms with E-state index in [0.717, 1.165) is 31.7 Å². The van der Waals surface area contributed by atoms with Crippen molar-refractivity contribution < 1.29 is 13.6 Å². The topological polar surface area (TPSA) is 35.6 Å². The molecule has 0 spiro atoms. The quantitative estimate of drug-likeness (QED) is 0.847. The van der Waals surface area contributed by atoms with E-state index in [1.54, 1.807) is 12.1 Å². The van der Waals surface area contributed by atoms with Crippen LogP contribution in [0.4, 0.5) is 20.2 Å². The molecule has 27 heavy (non-hydrogen) atoms. The van der Waals surface area contributed by atoms with Gasteiger partial charge < -0.3 is 10.2 Å². The number of benzene rings is 2. The lowest BCUT2D eigenvalue weighted by molar-refractivity contribution is -0.120. The summed E-state index contributed by atoms with van der Waals surface area (Å²) in [7, 11) is 0. The third kappa shape index (κ3) is 4.96. The molecule has 2 aromatic rings. The first kappa shape index (κ1) is 19.6. The van der Waals surface area contributed by atoms with Gasteiger partial charge in [-0.05, 0) is 55.8 Å². The molecule has 2 aromatic carbocycles. The molecule has 0 aliphatic carbocycles. The standard InChI is InChI=1S/C20H22ClF2N3O/c1-14(20(27)24-19-8-5-16(23)13-18(19)21)25-9-2-10-26(12-11-25)17-6-3-15(22)4-7-17/h3-8,13-14H,2,9-12H2,1H3,(H,24,27). The molecular weight excluding hydrogens is 372 g/mol. The van der Waals surface area contributed by atoms with Crippen LogP contribution in [0.5, 0.6) is 0 Å². The van der Waals surface area contributed by atoms with Crippen molar-refractivity contribution in [3.05, 3.63) is 59.1 Å². The highest BCUT2D eigenvalue weighted by Crippen LogP contribution is 2.23. The van der Waals surface area contributed by atoms with E-state index >= 15 is 0 Å². The SMILES string of the molecule is CC(C(=O)Nc1ccc(F)cc1Cl)N1CCCN(c2ccc(F)cc2)CC1. The van der Waals surface area contributed by atoms with Crippen LogP contribution in [0.15, 0.2) is 42.5 Å². The van der Waals surface area contributed by atoms with Crippen LogP contribution in [0.25, 0.3) is 0 Å². The van der Waals surface area contributed by atoms with E-state index in [1.165, 1.54) is 30.3 Å². The van der Waals surface area contributed by atoms with Crippen LogP contribution in [0.1, 0.15) is 13.3 Å². The van der Waals surface area contributed by atoms with Gasteiger partial charge in [-0.25, -0.2) is 8.78 Å². The summed E-state index contributed by atoms with van der Waals surface area (Å²) in [5, 5.41) is 2.94. The Hall–Kier alpha value is -2.18. The summed E-state index contributed by atoms with van der Waals surface area (Å²) >= 11 is 5.99. The Balaban J connectivity index is 1.60. The zero-order valence-electron chi connectivity index (χ0n) is 15.1. The number of halogens is 3. The van der Waals surface area contributed by atoms with Crippen molar-refractivity contribution in [3.63, 3.8) is 0 Å². The minimum atomic E-state index is -0.445. The second-order valence-electron chi connectivity index (χ2n) is 6.64. The molecule has 0 bridgehead atoms. The summed E-state index contributed by atoms with van der Waals surface area (Å²) in [5.74, 6) is -0.877. The lowest BCUT2D eigenvalue weighted by atomic mass is 10.2. The van der Waals surface area contributed by atoms with Crippen LogP contribution in [0.2, 0.25) is 5.02 Å². The Morgan fingerprint density at radius 1 is 1.04 bits per heavy atom. The lowest BCUT2D eigenvalue weighted by Crippen LogP contribution is -2.44. The Morgan fingerprint density at radius 3 is 2.44 bits per heavy atom. The van der Waals surface area contributed by atoms with Crippen LogP contribution in [0.3, 0.4) is 0 Å². The van der Waals surface area contributed by atoms with E-state index in [2.05, 4.69) is 15.1 Å². The van der Waals surface area contributed by atoms with Crippen LogP contribution in [0, 0.1) is 11.6 Å². The van der Waals surface area contributed by atoms with Crippen LogP contribution in [-0.4, -0.2) is 43.0 Å². The second-order valence-corrected chi connectivity index (χ2v) is 7.05. The highest BCUT2D eigenvalue weighted by atomic mass is 35.5. The molecule has 1 unspecified atom stereocenters. The minimum absolute atomic E-state index is 0.175. The van der Waals surface area contributed by atoms with E-state index in [4.69, 9.17) is 11.6 Å². The zero-order chi connectivity index (χ0) is 19.4. The Labute approximate surface area is 162 Å². The smallest absolute Gasteiger partial charge is 0.241 e. The maximum Gasteiger partial charge on any atom is 0.241 e. The first-order valence-electron chi connectivity index (χ1n) is 8.94. The number of carbonyl (C=O) groups excluding carboxylic acids is 1. The second kappa shape index (κ2) is 8.67.